The minimum Gasteiger partial charge on any atom is -0.444 e. The molecule has 2 atom stereocenters. The number of hydrogen-bond donors (Lipinski definition) is 2. The van der Waals surface area contributed by atoms with Crippen LogP contribution in [0, 0.1) is 0 Å². The monoisotopic (exact) mass is 260 g/mol. The number of ether oxygens (including phenoxy) is 1. The van der Waals surface area contributed by atoms with Gasteiger partial charge in [-0.05, 0) is 47.5 Å². The Hall–Kier alpha value is -0.810. The Morgan fingerprint density at radius 3 is 2.33 bits per heavy atom. The van der Waals surface area contributed by atoms with E-state index in [1.54, 1.807) is 11.8 Å². The molecular weight excluding hydrogens is 232 g/mol. The maximum Gasteiger partial charge on any atom is 0.410 e. The van der Waals surface area contributed by atoms with Crippen molar-refractivity contribution in [3.8, 4) is 0 Å². The van der Waals surface area contributed by atoms with E-state index in [1.165, 1.54) is 0 Å². The summed E-state index contributed by atoms with van der Waals surface area (Å²) in [5.74, 6) is 0. The summed E-state index contributed by atoms with van der Waals surface area (Å²) < 4.78 is 5.33. The molecule has 3 N–H and O–H groups in total. The SMILES string of the molecule is CC(N)CN(CCCC(C)O)C(=O)OC(C)(C)C. The molecule has 5 nitrogen and oxygen atoms in total. The van der Waals surface area contributed by atoms with Gasteiger partial charge in [0.2, 0.25) is 0 Å². The Morgan fingerprint density at radius 2 is 1.94 bits per heavy atom. The van der Waals surface area contributed by atoms with Crippen molar-refractivity contribution >= 4 is 6.09 Å². The Kier molecular flexibility index (Phi) is 7.25. The van der Waals surface area contributed by atoms with E-state index in [0.717, 1.165) is 6.42 Å². The summed E-state index contributed by atoms with van der Waals surface area (Å²) in [4.78, 5) is 13.6. The molecular formula is C13H28N2O3. The summed E-state index contributed by atoms with van der Waals surface area (Å²) in [6, 6.07) is -0.0935. The standard InChI is InChI=1S/C13H28N2O3/c1-10(14)9-15(8-6-7-11(2)16)12(17)18-13(3,4)5/h10-11,16H,6-9,14H2,1-5H3. The quantitative estimate of drug-likeness (QED) is 0.762. The topological polar surface area (TPSA) is 75.8 Å². The van der Waals surface area contributed by atoms with Crippen LogP contribution in [0.3, 0.4) is 0 Å². The van der Waals surface area contributed by atoms with Crippen molar-refractivity contribution in [3.63, 3.8) is 0 Å². The zero-order valence-electron chi connectivity index (χ0n) is 12.3. The van der Waals surface area contributed by atoms with Crippen LogP contribution in [0.15, 0.2) is 0 Å². The second-order valence-electron chi connectivity index (χ2n) is 5.89. The number of aliphatic hydroxyl groups is 1. The Labute approximate surface area is 110 Å². The van der Waals surface area contributed by atoms with E-state index in [0.29, 0.717) is 19.5 Å². The minimum atomic E-state index is -0.503. The number of hydrogen-bond acceptors (Lipinski definition) is 4. The molecule has 0 bridgehead atoms. The van der Waals surface area contributed by atoms with Crippen molar-refractivity contribution in [1.29, 1.82) is 0 Å². The molecule has 0 rings (SSSR count). The lowest BCUT2D eigenvalue weighted by Gasteiger charge is -2.28. The van der Waals surface area contributed by atoms with E-state index in [-0.39, 0.29) is 18.2 Å². The lowest BCUT2D eigenvalue weighted by Crippen LogP contribution is -2.43. The summed E-state index contributed by atoms with van der Waals surface area (Å²) in [6.07, 6.45) is 0.716. The first kappa shape index (κ1) is 17.2. The van der Waals surface area contributed by atoms with Gasteiger partial charge in [-0.1, -0.05) is 0 Å². The van der Waals surface area contributed by atoms with E-state index in [1.807, 2.05) is 27.7 Å². The van der Waals surface area contributed by atoms with E-state index < -0.39 is 5.60 Å². The first-order valence-electron chi connectivity index (χ1n) is 6.53. The van der Waals surface area contributed by atoms with Crippen LogP contribution in [-0.2, 0) is 4.74 Å². The van der Waals surface area contributed by atoms with Crippen molar-refractivity contribution in [2.45, 2.75) is 65.2 Å². The van der Waals surface area contributed by atoms with Gasteiger partial charge >= 0.3 is 6.09 Å². The molecule has 0 aromatic carbocycles. The van der Waals surface area contributed by atoms with Gasteiger partial charge < -0.3 is 20.5 Å². The molecule has 1 amide bonds. The molecule has 0 saturated heterocycles. The van der Waals surface area contributed by atoms with Crippen molar-refractivity contribution in [3.05, 3.63) is 0 Å². The Balaban J connectivity index is 4.33. The number of aliphatic hydroxyl groups excluding tert-OH is 1. The fourth-order valence-corrected chi connectivity index (χ4v) is 1.51. The number of carbonyl (C=O) groups is 1. The molecule has 0 heterocycles. The second-order valence-corrected chi connectivity index (χ2v) is 5.89. The van der Waals surface area contributed by atoms with Gasteiger partial charge in [-0.3, -0.25) is 0 Å². The normalized spacial score (nSPS) is 15.1. The van der Waals surface area contributed by atoms with E-state index in [9.17, 15) is 9.90 Å². The number of amides is 1. The highest BCUT2D eigenvalue weighted by Crippen LogP contribution is 2.11. The molecule has 5 heteroatoms. The lowest BCUT2D eigenvalue weighted by atomic mass is 10.2. The van der Waals surface area contributed by atoms with Gasteiger partial charge in [-0.2, -0.15) is 0 Å². The van der Waals surface area contributed by atoms with Crippen molar-refractivity contribution in [2.75, 3.05) is 13.1 Å². The van der Waals surface area contributed by atoms with Gasteiger partial charge in [0.1, 0.15) is 5.60 Å². The maximum absolute atomic E-state index is 12.0. The van der Waals surface area contributed by atoms with Crippen molar-refractivity contribution < 1.29 is 14.6 Å². The number of nitrogens with zero attached hydrogens (tertiary/aromatic N) is 1. The zero-order valence-corrected chi connectivity index (χ0v) is 12.3. The molecule has 0 fully saturated rings. The molecule has 0 aromatic heterocycles. The number of nitrogens with two attached hydrogens (primary N) is 1. The highest BCUT2D eigenvalue weighted by atomic mass is 16.6. The molecule has 0 aromatic rings. The maximum atomic E-state index is 12.0. The average molecular weight is 260 g/mol. The summed E-state index contributed by atoms with van der Waals surface area (Å²) in [5.41, 5.74) is 5.23. The zero-order chi connectivity index (χ0) is 14.3. The largest absolute Gasteiger partial charge is 0.444 e. The first-order valence-corrected chi connectivity index (χ1v) is 6.53. The molecule has 0 saturated carbocycles. The van der Waals surface area contributed by atoms with Crippen LogP contribution in [-0.4, -0.2) is 46.9 Å². The average Bonchev–Trinajstić information content (AvgIpc) is 2.12. The Bertz CT molecular complexity index is 247. The van der Waals surface area contributed by atoms with E-state index in [2.05, 4.69) is 0 Å². The third-order valence-electron chi connectivity index (χ3n) is 2.21. The van der Waals surface area contributed by atoms with Gasteiger partial charge in [-0.15, -0.1) is 0 Å². The molecule has 0 aliphatic carbocycles. The van der Waals surface area contributed by atoms with Crippen LogP contribution in [0.25, 0.3) is 0 Å². The van der Waals surface area contributed by atoms with E-state index in [4.69, 9.17) is 10.5 Å². The fourth-order valence-electron chi connectivity index (χ4n) is 1.51. The molecule has 0 radical (unpaired) electrons. The van der Waals surface area contributed by atoms with Crippen LogP contribution in [0.1, 0.15) is 47.5 Å². The molecule has 2 unspecified atom stereocenters. The van der Waals surface area contributed by atoms with Crippen molar-refractivity contribution in [2.24, 2.45) is 5.73 Å². The lowest BCUT2D eigenvalue weighted by molar-refractivity contribution is 0.0231. The third-order valence-corrected chi connectivity index (χ3v) is 2.21. The minimum absolute atomic E-state index is 0.0935. The number of rotatable bonds is 6. The van der Waals surface area contributed by atoms with E-state index >= 15 is 0 Å². The Morgan fingerprint density at radius 1 is 1.39 bits per heavy atom. The summed E-state index contributed by atoms with van der Waals surface area (Å²) in [6.45, 7) is 10.1. The summed E-state index contributed by atoms with van der Waals surface area (Å²) in [7, 11) is 0. The fraction of sp³-hybridized carbons (Fsp3) is 0.923. The van der Waals surface area contributed by atoms with Crippen LogP contribution in [0.4, 0.5) is 4.79 Å². The summed E-state index contributed by atoms with van der Waals surface area (Å²) in [5, 5.41) is 9.21. The number of carbonyl (C=O) groups excluding carboxylic acids is 1. The van der Waals surface area contributed by atoms with Crippen LogP contribution in [0.5, 0.6) is 0 Å². The van der Waals surface area contributed by atoms with Crippen LogP contribution >= 0.6 is 0 Å². The van der Waals surface area contributed by atoms with Gasteiger partial charge in [0.05, 0.1) is 6.10 Å². The van der Waals surface area contributed by atoms with Crippen LogP contribution < -0.4 is 5.73 Å². The predicted molar refractivity (Wildman–Crippen MR) is 72.4 cm³/mol. The molecule has 0 aliphatic rings. The van der Waals surface area contributed by atoms with Crippen LogP contribution in [0.2, 0.25) is 0 Å². The highest BCUT2D eigenvalue weighted by molar-refractivity contribution is 5.68. The van der Waals surface area contributed by atoms with Crippen molar-refractivity contribution in [1.82, 2.24) is 4.90 Å². The van der Waals surface area contributed by atoms with Gasteiger partial charge in [0.15, 0.2) is 0 Å². The third kappa shape index (κ3) is 9.24. The molecule has 0 aliphatic heterocycles. The smallest absolute Gasteiger partial charge is 0.410 e. The van der Waals surface area contributed by atoms with Gasteiger partial charge in [0.25, 0.3) is 0 Å². The molecule has 0 spiro atoms. The second kappa shape index (κ2) is 7.59. The van der Waals surface area contributed by atoms with Gasteiger partial charge in [-0.25, -0.2) is 4.79 Å². The summed E-state index contributed by atoms with van der Waals surface area (Å²) >= 11 is 0. The first-order chi connectivity index (χ1) is 8.11. The highest BCUT2D eigenvalue weighted by Gasteiger charge is 2.22. The molecule has 108 valence electrons. The molecule has 18 heavy (non-hydrogen) atoms. The predicted octanol–water partition coefficient (Wildman–Crippen LogP) is 1.73. The van der Waals surface area contributed by atoms with Gasteiger partial charge in [0, 0.05) is 19.1 Å².